The standard InChI is InChI=1S/C40H25N3O/c1-2-10-26(11-3-1)28-12-8-13-29(22-28)30-23-31(40-42-39-37(44-40)20-19-27-14-9-21-41-38(27)39)25-32(24-30)43-35-17-6-4-15-33(35)34-16-5-7-18-36(34)43/h1-25H. The monoisotopic (exact) mass is 563 g/mol. The van der Waals surface area contributed by atoms with Gasteiger partial charge in [-0.25, -0.2) is 4.98 Å². The SMILES string of the molecule is c1ccc(-c2cccc(-c3cc(-c4nc5c(ccc6cccnc65)o4)cc(-n4c5ccccc5c5ccccc54)c3)c2)cc1. The van der Waals surface area contributed by atoms with E-state index in [4.69, 9.17) is 9.40 Å². The Labute approximate surface area is 253 Å². The molecule has 6 aromatic carbocycles. The molecule has 9 rings (SSSR count). The minimum atomic E-state index is 0.571. The largest absolute Gasteiger partial charge is 0.436 e. The van der Waals surface area contributed by atoms with Crippen molar-refractivity contribution in [1.82, 2.24) is 14.5 Å². The van der Waals surface area contributed by atoms with Crippen LogP contribution in [0.5, 0.6) is 0 Å². The Bertz CT molecular complexity index is 2450. The predicted molar refractivity (Wildman–Crippen MR) is 180 cm³/mol. The fourth-order valence-electron chi connectivity index (χ4n) is 6.39. The highest BCUT2D eigenvalue weighted by Crippen LogP contribution is 2.37. The van der Waals surface area contributed by atoms with E-state index < -0.39 is 0 Å². The highest BCUT2D eigenvalue weighted by molar-refractivity contribution is 6.09. The Morgan fingerprint density at radius 3 is 1.93 bits per heavy atom. The number of hydrogen-bond acceptors (Lipinski definition) is 3. The molecule has 0 saturated carbocycles. The summed E-state index contributed by atoms with van der Waals surface area (Å²) in [6, 6.07) is 51.1. The van der Waals surface area contributed by atoms with Gasteiger partial charge in [-0.05, 0) is 76.9 Å². The van der Waals surface area contributed by atoms with Crippen molar-refractivity contribution in [3.63, 3.8) is 0 Å². The first-order valence-electron chi connectivity index (χ1n) is 14.7. The van der Waals surface area contributed by atoms with Gasteiger partial charge in [0.05, 0.1) is 16.6 Å². The molecule has 0 aliphatic rings. The molecular formula is C40H25N3O. The van der Waals surface area contributed by atoms with Crippen molar-refractivity contribution in [2.24, 2.45) is 0 Å². The van der Waals surface area contributed by atoms with Gasteiger partial charge in [-0.2, -0.15) is 0 Å². The normalized spacial score (nSPS) is 11.6. The van der Waals surface area contributed by atoms with Gasteiger partial charge in [-0.3, -0.25) is 4.98 Å². The summed E-state index contributed by atoms with van der Waals surface area (Å²) in [5.41, 5.74) is 11.2. The lowest BCUT2D eigenvalue weighted by Crippen LogP contribution is -1.96. The lowest BCUT2D eigenvalue weighted by Gasteiger charge is -2.13. The summed E-state index contributed by atoms with van der Waals surface area (Å²) >= 11 is 0. The van der Waals surface area contributed by atoms with Gasteiger partial charge in [0.15, 0.2) is 5.58 Å². The topological polar surface area (TPSA) is 43.9 Å². The van der Waals surface area contributed by atoms with Gasteiger partial charge in [0, 0.05) is 33.6 Å². The van der Waals surface area contributed by atoms with Crippen LogP contribution in [0.3, 0.4) is 0 Å². The van der Waals surface area contributed by atoms with E-state index in [1.165, 1.54) is 21.9 Å². The third-order valence-corrected chi connectivity index (χ3v) is 8.44. The van der Waals surface area contributed by atoms with Crippen LogP contribution in [0, 0.1) is 0 Å². The maximum absolute atomic E-state index is 6.43. The van der Waals surface area contributed by atoms with Crippen LogP contribution in [-0.2, 0) is 0 Å². The molecule has 206 valence electrons. The highest BCUT2D eigenvalue weighted by atomic mass is 16.3. The molecule has 3 heterocycles. The molecule has 0 amide bonds. The second-order valence-electron chi connectivity index (χ2n) is 11.1. The van der Waals surface area contributed by atoms with Crippen LogP contribution < -0.4 is 0 Å². The number of oxazole rings is 1. The van der Waals surface area contributed by atoms with Crippen LogP contribution in [0.1, 0.15) is 0 Å². The van der Waals surface area contributed by atoms with Gasteiger partial charge in [0.25, 0.3) is 0 Å². The number of pyridine rings is 1. The molecule has 3 aromatic heterocycles. The second kappa shape index (κ2) is 9.79. The molecule has 0 atom stereocenters. The van der Waals surface area contributed by atoms with Gasteiger partial charge in [-0.1, -0.05) is 91.0 Å². The lowest BCUT2D eigenvalue weighted by atomic mass is 9.97. The zero-order chi connectivity index (χ0) is 29.0. The zero-order valence-corrected chi connectivity index (χ0v) is 23.7. The third-order valence-electron chi connectivity index (χ3n) is 8.44. The molecule has 0 fully saturated rings. The summed E-state index contributed by atoms with van der Waals surface area (Å²) in [5, 5.41) is 3.48. The Hall–Kier alpha value is -6.00. The minimum absolute atomic E-state index is 0.571. The van der Waals surface area contributed by atoms with Crippen LogP contribution in [0.25, 0.3) is 83.2 Å². The maximum Gasteiger partial charge on any atom is 0.227 e. The van der Waals surface area contributed by atoms with Crippen molar-refractivity contribution in [1.29, 1.82) is 0 Å². The Morgan fingerprint density at radius 1 is 0.477 bits per heavy atom. The Morgan fingerprint density at radius 2 is 1.14 bits per heavy atom. The van der Waals surface area contributed by atoms with Crippen LogP contribution in [0.15, 0.2) is 156 Å². The van der Waals surface area contributed by atoms with Crippen LogP contribution in [0.2, 0.25) is 0 Å². The highest BCUT2D eigenvalue weighted by Gasteiger charge is 2.17. The molecule has 0 bridgehead atoms. The van der Waals surface area contributed by atoms with Crippen molar-refractivity contribution in [3.05, 3.63) is 152 Å². The molecule has 0 spiro atoms. The fourth-order valence-corrected chi connectivity index (χ4v) is 6.39. The van der Waals surface area contributed by atoms with Gasteiger partial charge >= 0.3 is 0 Å². The first kappa shape index (κ1) is 24.6. The average molecular weight is 564 g/mol. The van der Waals surface area contributed by atoms with Crippen molar-refractivity contribution in [2.45, 2.75) is 0 Å². The number of rotatable bonds is 4. The summed E-state index contributed by atoms with van der Waals surface area (Å²) in [7, 11) is 0. The molecule has 4 heteroatoms. The van der Waals surface area contributed by atoms with Gasteiger partial charge in [-0.15, -0.1) is 0 Å². The molecular weight excluding hydrogens is 538 g/mol. The number of benzene rings is 6. The summed E-state index contributed by atoms with van der Waals surface area (Å²) in [6.45, 7) is 0. The molecule has 0 aliphatic heterocycles. The van der Waals surface area contributed by atoms with Gasteiger partial charge in [0.1, 0.15) is 5.52 Å². The number of nitrogens with zero attached hydrogens (tertiary/aromatic N) is 3. The average Bonchev–Trinajstić information content (AvgIpc) is 3.69. The quantitative estimate of drug-likeness (QED) is 0.214. The zero-order valence-electron chi connectivity index (χ0n) is 23.7. The molecule has 0 unspecified atom stereocenters. The van der Waals surface area contributed by atoms with Gasteiger partial charge in [0.2, 0.25) is 5.89 Å². The summed E-state index contributed by atoms with van der Waals surface area (Å²) in [4.78, 5) is 9.64. The first-order valence-corrected chi connectivity index (χ1v) is 14.7. The van der Waals surface area contributed by atoms with Crippen molar-refractivity contribution in [3.8, 4) is 39.4 Å². The van der Waals surface area contributed by atoms with Crippen molar-refractivity contribution >= 4 is 43.8 Å². The summed E-state index contributed by atoms with van der Waals surface area (Å²) < 4.78 is 8.78. The molecule has 4 nitrogen and oxygen atoms in total. The van der Waals surface area contributed by atoms with E-state index in [0.29, 0.717) is 5.89 Å². The number of aromatic nitrogens is 3. The van der Waals surface area contributed by atoms with Gasteiger partial charge < -0.3 is 8.98 Å². The maximum atomic E-state index is 6.43. The first-order chi connectivity index (χ1) is 21.8. The molecule has 44 heavy (non-hydrogen) atoms. The van der Waals surface area contributed by atoms with E-state index >= 15 is 0 Å². The summed E-state index contributed by atoms with van der Waals surface area (Å²) in [5.74, 6) is 0.571. The molecule has 9 aromatic rings. The predicted octanol–water partition coefficient (Wildman–Crippen LogP) is 10.5. The number of para-hydroxylation sites is 2. The molecule has 0 radical (unpaired) electrons. The Balaban J connectivity index is 1.31. The van der Waals surface area contributed by atoms with E-state index in [2.05, 4.69) is 131 Å². The third kappa shape index (κ3) is 3.92. The summed E-state index contributed by atoms with van der Waals surface area (Å²) in [6.07, 6.45) is 1.80. The van der Waals surface area contributed by atoms with Crippen LogP contribution in [-0.4, -0.2) is 14.5 Å². The molecule has 0 aliphatic carbocycles. The number of hydrogen-bond donors (Lipinski definition) is 0. The van der Waals surface area contributed by atoms with Crippen LogP contribution >= 0.6 is 0 Å². The Kier molecular flexibility index (Phi) is 5.47. The second-order valence-corrected chi connectivity index (χ2v) is 11.1. The molecule has 0 saturated heterocycles. The van der Waals surface area contributed by atoms with E-state index in [0.717, 1.165) is 55.4 Å². The van der Waals surface area contributed by atoms with E-state index in [1.807, 2.05) is 24.3 Å². The van der Waals surface area contributed by atoms with E-state index in [1.54, 1.807) is 6.20 Å². The number of fused-ring (bicyclic) bond motifs is 6. The fraction of sp³-hybridized carbons (Fsp3) is 0. The lowest BCUT2D eigenvalue weighted by molar-refractivity contribution is 0.620. The van der Waals surface area contributed by atoms with E-state index in [-0.39, 0.29) is 0 Å². The van der Waals surface area contributed by atoms with E-state index in [9.17, 15) is 0 Å². The smallest absolute Gasteiger partial charge is 0.227 e. The van der Waals surface area contributed by atoms with Crippen molar-refractivity contribution < 1.29 is 4.42 Å². The van der Waals surface area contributed by atoms with Crippen LogP contribution in [0.4, 0.5) is 0 Å². The van der Waals surface area contributed by atoms with Crippen molar-refractivity contribution in [2.75, 3.05) is 0 Å². The minimum Gasteiger partial charge on any atom is -0.436 e. The molecule has 0 N–H and O–H groups in total.